The second-order valence-electron chi connectivity index (χ2n) is 8.73. The summed E-state index contributed by atoms with van der Waals surface area (Å²) in [6, 6.07) is 0.575. The minimum Gasteiger partial charge on any atom is -0.480 e. The molecular weight excluding hydrogens is 332 g/mol. The van der Waals surface area contributed by atoms with Crippen molar-refractivity contribution >= 4 is 11.9 Å². The summed E-state index contributed by atoms with van der Waals surface area (Å²) >= 11 is 0. The Morgan fingerprint density at radius 3 is 2.62 bits per heavy atom. The predicted octanol–water partition coefficient (Wildman–Crippen LogP) is 1.73. The summed E-state index contributed by atoms with van der Waals surface area (Å²) in [4.78, 5) is 21.5. The molecule has 26 heavy (non-hydrogen) atoms. The zero-order valence-electron chi connectivity index (χ0n) is 15.1. The second kappa shape index (κ2) is 5.81. The van der Waals surface area contributed by atoms with E-state index >= 15 is 0 Å². The van der Waals surface area contributed by atoms with Gasteiger partial charge in [0.1, 0.15) is 5.56 Å². The summed E-state index contributed by atoms with van der Waals surface area (Å²) in [5.41, 5.74) is -0.115. The van der Waals surface area contributed by atoms with E-state index in [2.05, 4.69) is 20.6 Å². The molecule has 6 rings (SSSR count). The summed E-state index contributed by atoms with van der Waals surface area (Å²) < 4.78 is 5.34. The Hall–Kier alpha value is -1.89. The van der Waals surface area contributed by atoms with Gasteiger partial charge in [-0.15, -0.1) is 0 Å². The van der Waals surface area contributed by atoms with Crippen molar-refractivity contribution < 1.29 is 14.6 Å². The number of anilines is 1. The van der Waals surface area contributed by atoms with Gasteiger partial charge < -0.3 is 20.5 Å². The normalized spacial score (nSPS) is 37.5. The number of carbonyl (C=O) groups is 1. The van der Waals surface area contributed by atoms with Crippen LogP contribution in [0.3, 0.4) is 0 Å². The quantitative estimate of drug-likeness (QED) is 0.742. The third-order valence-corrected chi connectivity index (χ3v) is 6.64. The second-order valence-corrected chi connectivity index (χ2v) is 8.73. The number of amides is 1. The van der Waals surface area contributed by atoms with Gasteiger partial charge >= 0.3 is 0 Å². The van der Waals surface area contributed by atoms with Gasteiger partial charge in [0.15, 0.2) is 0 Å². The minimum atomic E-state index is -0.491. The van der Waals surface area contributed by atoms with Gasteiger partial charge in [-0.2, -0.15) is 4.98 Å². The number of nitrogens with one attached hydrogen (secondary N) is 2. The molecule has 0 radical (unpaired) electrons. The fraction of sp³-hybridized carbons (Fsp3) is 0.737. The lowest BCUT2D eigenvalue weighted by Crippen LogP contribution is -2.61. The van der Waals surface area contributed by atoms with Gasteiger partial charge in [0.25, 0.3) is 5.91 Å². The maximum Gasteiger partial charge on any atom is 0.258 e. The van der Waals surface area contributed by atoms with Crippen molar-refractivity contribution in [3.8, 4) is 5.88 Å². The Kier molecular flexibility index (Phi) is 3.64. The lowest BCUT2D eigenvalue weighted by molar-refractivity contribution is -0.136. The van der Waals surface area contributed by atoms with Gasteiger partial charge in [-0.25, -0.2) is 4.98 Å². The molecule has 4 bridgehead atoms. The Morgan fingerprint density at radius 2 is 2.00 bits per heavy atom. The van der Waals surface area contributed by atoms with E-state index in [1.165, 1.54) is 7.11 Å². The third-order valence-electron chi connectivity index (χ3n) is 6.64. The third kappa shape index (κ3) is 2.82. The van der Waals surface area contributed by atoms with Crippen molar-refractivity contribution in [3.05, 3.63) is 11.8 Å². The van der Waals surface area contributed by atoms with Crippen molar-refractivity contribution in [2.45, 2.75) is 62.6 Å². The SMILES string of the molecule is COc1nc(NC2CC2)ncc1C(=O)N[C@H]1C2CC3CC1C[C@@](O)(C3)C2. The first kappa shape index (κ1) is 16.3. The molecule has 1 amide bonds. The van der Waals surface area contributed by atoms with Crippen molar-refractivity contribution in [2.75, 3.05) is 12.4 Å². The summed E-state index contributed by atoms with van der Waals surface area (Å²) in [7, 11) is 1.53. The Bertz CT molecular complexity index is 719. The van der Waals surface area contributed by atoms with Crippen LogP contribution in [0.4, 0.5) is 5.95 Å². The molecule has 0 saturated heterocycles. The minimum absolute atomic E-state index is 0.133. The first-order chi connectivity index (χ1) is 12.5. The van der Waals surface area contributed by atoms with Gasteiger partial charge in [0, 0.05) is 18.3 Å². The molecule has 0 aliphatic heterocycles. The number of methoxy groups -OCH3 is 1. The first-order valence-electron chi connectivity index (χ1n) is 9.74. The standard InChI is InChI=1S/C19H26N4O3/c1-26-17-14(9-20-18(23-17)21-13-2-3-13)16(24)22-15-11-4-10-5-12(15)8-19(25,6-10)7-11/h9-13,15,25H,2-8H2,1H3,(H,22,24)(H,20,21,23)/t10?,11?,12?,15-,19+. The molecule has 2 atom stereocenters. The zero-order valence-corrected chi connectivity index (χ0v) is 15.1. The zero-order chi connectivity index (χ0) is 17.9. The Morgan fingerprint density at radius 1 is 1.27 bits per heavy atom. The van der Waals surface area contributed by atoms with E-state index in [-0.39, 0.29) is 11.9 Å². The van der Waals surface area contributed by atoms with Crippen LogP contribution in [0.5, 0.6) is 5.88 Å². The molecule has 140 valence electrons. The molecule has 5 fully saturated rings. The fourth-order valence-electron chi connectivity index (χ4n) is 5.60. The average Bonchev–Trinajstić information content (AvgIpc) is 3.40. The molecule has 2 unspecified atom stereocenters. The van der Waals surface area contributed by atoms with E-state index in [0.29, 0.717) is 41.2 Å². The summed E-state index contributed by atoms with van der Waals surface area (Å²) in [6.45, 7) is 0. The van der Waals surface area contributed by atoms with Gasteiger partial charge in [0.05, 0.1) is 12.7 Å². The number of carbonyl (C=O) groups excluding carboxylic acids is 1. The molecule has 0 aromatic carbocycles. The van der Waals surface area contributed by atoms with Crippen molar-refractivity contribution in [3.63, 3.8) is 0 Å². The average molecular weight is 358 g/mol. The molecule has 5 aliphatic rings. The van der Waals surface area contributed by atoms with Crippen molar-refractivity contribution in [2.24, 2.45) is 17.8 Å². The number of nitrogens with zero attached hydrogens (tertiary/aromatic N) is 2. The van der Waals surface area contributed by atoms with Crippen LogP contribution in [0, 0.1) is 17.8 Å². The molecule has 5 saturated carbocycles. The van der Waals surface area contributed by atoms with Crippen molar-refractivity contribution in [1.82, 2.24) is 15.3 Å². The Balaban J connectivity index is 1.32. The van der Waals surface area contributed by atoms with Gasteiger partial charge in [-0.1, -0.05) is 0 Å². The molecule has 0 spiro atoms. The van der Waals surface area contributed by atoms with E-state index in [1.807, 2.05) is 0 Å². The van der Waals surface area contributed by atoms with Crippen LogP contribution in [0.2, 0.25) is 0 Å². The summed E-state index contributed by atoms with van der Waals surface area (Å²) in [5, 5.41) is 17.1. The highest BCUT2D eigenvalue weighted by Gasteiger charge is 2.55. The van der Waals surface area contributed by atoms with Gasteiger partial charge in [-0.3, -0.25) is 4.79 Å². The molecular formula is C19H26N4O3. The van der Waals surface area contributed by atoms with Crippen LogP contribution in [0.15, 0.2) is 6.20 Å². The van der Waals surface area contributed by atoms with Crippen LogP contribution in [0.25, 0.3) is 0 Å². The highest BCUT2D eigenvalue weighted by atomic mass is 16.5. The Labute approximate surface area is 152 Å². The molecule has 7 nitrogen and oxygen atoms in total. The van der Waals surface area contributed by atoms with E-state index < -0.39 is 5.60 Å². The van der Waals surface area contributed by atoms with E-state index in [1.54, 1.807) is 6.20 Å². The summed E-state index contributed by atoms with van der Waals surface area (Å²) in [6.07, 6.45) is 8.60. The number of rotatable bonds is 5. The van der Waals surface area contributed by atoms with Crippen molar-refractivity contribution in [1.29, 1.82) is 0 Å². The fourth-order valence-corrected chi connectivity index (χ4v) is 5.60. The monoisotopic (exact) mass is 358 g/mol. The first-order valence-corrected chi connectivity index (χ1v) is 9.74. The topological polar surface area (TPSA) is 96.4 Å². The molecule has 1 aromatic rings. The molecule has 3 N–H and O–H groups in total. The number of hydrogen-bond acceptors (Lipinski definition) is 6. The van der Waals surface area contributed by atoms with Crippen LogP contribution in [-0.4, -0.2) is 45.8 Å². The highest BCUT2D eigenvalue weighted by molar-refractivity contribution is 5.96. The highest BCUT2D eigenvalue weighted by Crippen LogP contribution is 2.55. The van der Waals surface area contributed by atoms with Gasteiger partial charge in [-0.05, 0) is 62.7 Å². The number of ether oxygens (including phenoxy) is 1. The lowest BCUT2D eigenvalue weighted by Gasteiger charge is -2.58. The van der Waals surface area contributed by atoms with Crippen LogP contribution < -0.4 is 15.4 Å². The summed E-state index contributed by atoms with van der Waals surface area (Å²) in [5.74, 6) is 2.01. The molecule has 1 aromatic heterocycles. The number of hydrogen-bond donors (Lipinski definition) is 3. The van der Waals surface area contributed by atoms with E-state index in [4.69, 9.17) is 4.74 Å². The molecule has 7 heteroatoms. The largest absolute Gasteiger partial charge is 0.480 e. The van der Waals surface area contributed by atoms with Gasteiger partial charge in [0.2, 0.25) is 11.8 Å². The van der Waals surface area contributed by atoms with Crippen LogP contribution >= 0.6 is 0 Å². The lowest BCUT2D eigenvalue weighted by atomic mass is 9.52. The predicted molar refractivity (Wildman–Crippen MR) is 95.0 cm³/mol. The number of aromatic nitrogens is 2. The van der Waals surface area contributed by atoms with Crippen LogP contribution in [0.1, 0.15) is 55.3 Å². The van der Waals surface area contributed by atoms with E-state index in [9.17, 15) is 9.90 Å². The number of aliphatic hydroxyl groups is 1. The molecule has 5 aliphatic carbocycles. The maximum absolute atomic E-state index is 12.9. The maximum atomic E-state index is 12.9. The van der Waals surface area contributed by atoms with Crippen LogP contribution in [-0.2, 0) is 0 Å². The van der Waals surface area contributed by atoms with E-state index in [0.717, 1.165) is 44.9 Å². The smallest absolute Gasteiger partial charge is 0.258 e. The molecule has 1 heterocycles.